The van der Waals surface area contributed by atoms with Crippen molar-refractivity contribution in [2.45, 2.75) is 19.9 Å². The van der Waals surface area contributed by atoms with Crippen molar-refractivity contribution >= 4 is 21.8 Å². The van der Waals surface area contributed by atoms with Crippen molar-refractivity contribution in [3.8, 4) is 5.75 Å². The molecule has 0 aliphatic rings. The first-order chi connectivity index (χ1) is 12.1. The molecular weight excluding hydrogens is 380 g/mol. The van der Waals surface area contributed by atoms with Crippen LogP contribution in [0.5, 0.6) is 5.75 Å². The average molecular weight is 405 g/mol. The van der Waals surface area contributed by atoms with E-state index in [1.54, 1.807) is 25.3 Å². The molecule has 2 aromatic rings. The summed E-state index contributed by atoms with van der Waals surface area (Å²) in [6, 6.07) is 15.8. The highest BCUT2D eigenvalue weighted by Gasteiger charge is 2.19. The standard InChI is InChI=1S/C20H25BrN2O2/c1-4-23(5-2)18(15-9-7-6-8-10-15)14-22-20(24)16-11-12-19(25-3)17(21)13-16/h6-13,18H,4-5,14H2,1-3H3,(H,22,24). The van der Waals surface area contributed by atoms with Crippen LogP contribution in [0.3, 0.4) is 0 Å². The average Bonchev–Trinajstić information content (AvgIpc) is 2.65. The van der Waals surface area contributed by atoms with Gasteiger partial charge in [-0.15, -0.1) is 0 Å². The smallest absolute Gasteiger partial charge is 0.251 e. The van der Waals surface area contributed by atoms with Crippen LogP contribution in [0.1, 0.15) is 35.8 Å². The maximum atomic E-state index is 12.5. The third kappa shape index (κ3) is 5.06. The zero-order valence-electron chi connectivity index (χ0n) is 15.0. The number of amides is 1. The lowest BCUT2D eigenvalue weighted by Crippen LogP contribution is -2.38. The number of hydrogen-bond donors (Lipinski definition) is 1. The SMILES string of the molecule is CCN(CC)C(CNC(=O)c1ccc(OC)c(Br)c1)c1ccccc1. The van der Waals surface area contributed by atoms with Gasteiger partial charge in [-0.3, -0.25) is 9.69 Å². The lowest BCUT2D eigenvalue weighted by atomic mass is 10.0. The van der Waals surface area contributed by atoms with Crippen LogP contribution in [0, 0.1) is 0 Å². The van der Waals surface area contributed by atoms with E-state index in [0.717, 1.165) is 17.6 Å². The van der Waals surface area contributed by atoms with E-state index >= 15 is 0 Å². The normalized spacial score (nSPS) is 12.0. The fraction of sp³-hybridized carbons (Fsp3) is 0.350. The molecule has 0 fully saturated rings. The maximum absolute atomic E-state index is 12.5. The van der Waals surface area contributed by atoms with Crippen LogP contribution in [-0.4, -0.2) is 37.6 Å². The molecule has 0 bridgehead atoms. The van der Waals surface area contributed by atoms with E-state index in [1.807, 2.05) is 18.2 Å². The zero-order valence-corrected chi connectivity index (χ0v) is 16.5. The Morgan fingerprint density at radius 1 is 1.16 bits per heavy atom. The Morgan fingerprint density at radius 2 is 1.84 bits per heavy atom. The Morgan fingerprint density at radius 3 is 2.40 bits per heavy atom. The second kappa shape index (κ2) is 9.59. The van der Waals surface area contributed by atoms with Crippen LogP contribution >= 0.6 is 15.9 Å². The summed E-state index contributed by atoms with van der Waals surface area (Å²) in [6.45, 7) is 6.71. The van der Waals surface area contributed by atoms with Crippen molar-refractivity contribution in [2.75, 3.05) is 26.7 Å². The molecular formula is C20H25BrN2O2. The van der Waals surface area contributed by atoms with E-state index in [2.05, 4.69) is 52.1 Å². The third-order valence-corrected chi connectivity index (χ3v) is 4.93. The number of likely N-dealkylation sites (N-methyl/N-ethyl adjacent to an activating group) is 1. The van der Waals surface area contributed by atoms with E-state index in [0.29, 0.717) is 17.9 Å². The lowest BCUT2D eigenvalue weighted by Gasteiger charge is -2.30. The Hall–Kier alpha value is -1.85. The van der Waals surface area contributed by atoms with Crippen molar-refractivity contribution in [3.05, 3.63) is 64.1 Å². The Labute approximate surface area is 158 Å². The quantitative estimate of drug-likeness (QED) is 0.713. The van der Waals surface area contributed by atoms with Crippen LogP contribution in [0.4, 0.5) is 0 Å². The molecule has 0 saturated carbocycles. The largest absolute Gasteiger partial charge is 0.496 e. The van der Waals surface area contributed by atoms with Gasteiger partial charge in [0.2, 0.25) is 0 Å². The zero-order chi connectivity index (χ0) is 18.2. The molecule has 1 N–H and O–H groups in total. The van der Waals surface area contributed by atoms with Crippen LogP contribution in [-0.2, 0) is 0 Å². The first-order valence-corrected chi connectivity index (χ1v) is 9.30. The number of nitrogens with one attached hydrogen (secondary N) is 1. The first-order valence-electron chi connectivity index (χ1n) is 8.51. The van der Waals surface area contributed by atoms with Gasteiger partial charge in [0, 0.05) is 12.1 Å². The number of halogens is 1. The van der Waals surface area contributed by atoms with Crippen LogP contribution < -0.4 is 10.1 Å². The summed E-state index contributed by atoms with van der Waals surface area (Å²) in [5.74, 6) is 0.623. The van der Waals surface area contributed by atoms with E-state index in [1.165, 1.54) is 5.56 Å². The molecule has 0 saturated heterocycles. The number of carbonyl (C=O) groups excluding carboxylic acids is 1. The van der Waals surface area contributed by atoms with E-state index in [9.17, 15) is 4.79 Å². The molecule has 1 atom stereocenters. The highest BCUT2D eigenvalue weighted by atomic mass is 79.9. The van der Waals surface area contributed by atoms with Gasteiger partial charge in [0.25, 0.3) is 5.91 Å². The molecule has 2 aromatic carbocycles. The second-order valence-electron chi connectivity index (χ2n) is 5.71. The molecule has 1 unspecified atom stereocenters. The topological polar surface area (TPSA) is 41.6 Å². The minimum Gasteiger partial charge on any atom is -0.496 e. The van der Waals surface area contributed by atoms with Gasteiger partial charge >= 0.3 is 0 Å². The number of ether oxygens (including phenoxy) is 1. The number of rotatable bonds is 8. The number of nitrogens with zero attached hydrogens (tertiary/aromatic N) is 1. The molecule has 0 radical (unpaired) electrons. The Balaban J connectivity index is 2.12. The monoisotopic (exact) mass is 404 g/mol. The summed E-state index contributed by atoms with van der Waals surface area (Å²) in [5, 5.41) is 3.07. The maximum Gasteiger partial charge on any atom is 0.251 e. The van der Waals surface area contributed by atoms with Crippen LogP contribution in [0.2, 0.25) is 0 Å². The highest BCUT2D eigenvalue weighted by Crippen LogP contribution is 2.25. The summed E-state index contributed by atoms with van der Waals surface area (Å²) in [4.78, 5) is 14.9. The van der Waals surface area contributed by atoms with E-state index in [4.69, 9.17) is 4.74 Å². The predicted octanol–water partition coefficient (Wildman–Crippen LogP) is 4.27. The van der Waals surface area contributed by atoms with Gasteiger partial charge in [-0.2, -0.15) is 0 Å². The van der Waals surface area contributed by atoms with E-state index in [-0.39, 0.29) is 11.9 Å². The fourth-order valence-electron chi connectivity index (χ4n) is 2.90. The van der Waals surface area contributed by atoms with Crippen LogP contribution in [0.25, 0.3) is 0 Å². The summed E-state index contributed by atoms with van der Waals surface area (Å²) >= 11 is 3.42. The second-order valence-corrected chi connectivity index (χ2v) is 6.56. The number of benzene rings is 2. The number of carbonyl (C=O) groups is 1. The molecule has 0 heterocycles. The molecule has 0 aliphatic heterocycles. The number of hydrogen-bond acceptors (Lipinski definition) is 3. The van der Waals surface area contributed by atoms with Crippen molar-refractivity contribution in [2.24, 2.45) is 0 Å². The van der Waals surface area contributed by atoms with Crippen molar-refractivity contribution < 1.29 is 9.53 Å². The van der Waals surface area contributed by atoms with Crippen molar-refractivity contribution in [3.63, 3.8) is 0 Å². The van der Waals surface area contributed by atoms with Gasteiger partial charge in [0.15, 0.2) is 0 Å². The first kappa shape index (κ1) is 19.5. The molecule has 5 heteroatoms. The van der Waals surface area contributed by atoms with E-state index < -0.39 is 0 Å². The molecule has 1 amide bonds. The van der Waals surface area contributed by atoms with Gasteiger partial charge in [-0.1, -0.05) is 44.2 Å². The molecule has 4 nitrogen and oxygen atoms in total. The molecule has 0 aliphatic carbocycles. The fourth-order valence-corrected chi connectivity index (χ4v) is 3.44. The van der Waals surface area contributed by atoms with Crippen molar-refractivity contribution in [1.29, 1.82) is 0 Å². The summed E-state index contributed by atoms with van der Waals surface area (Å²) in [6.07, 6.45) is 0. The van der Waals surface area contributed by atoms with Gasteiger partial charge in [-0.25, -0.2) is 0 Å². The molecule has 0 spiro atoms. The van der Waals surface area contributed by atoms with Gasteiger partial charge in [0.05, 0.1) is 17.6 Å². The third-order valence-electron chi connectivity index (χ3n) is 4.31. The minimum absolute atomic E-state index is 0.0866. The Kier molecular flexibility index (Phi) is 7.47. The van der Waals surface area contributed by atoms with Gasteiger partial charge in [0.1, 0.15) is 5.75 Å². The molecule has 0 aromatic heterocycles. The summed E-state index contributed by atoms with van der Waals surface area (Å²) in [7, 11) is 1.61. The molecule has 134 valence electrons. The summed E-state index contributed by atoms with van der Waals surface area (Å²) < 4.78 is 5.98. The van der Waals surface area contributed by atoms with Gasteiger partial charge in [-0.05, 0) is 52.8 Å². The highest BCUT2D eigenvalue weighted by molar-refractivity contribution is 9.10. The van der Waals surface area contributed by atoms with Crippen LogP contribution in [0.15, 0.2) is 53.0 Å². The summed E-state index contributed by atoms with van der Waals surface area (Å²) in [5.41, 5.74) is 1.82. The minimum atomic E-state index is -0.0866. The Bertz CT molecular complexity index is 687. The lowest BCUT2D eigenvalue weighted by molar-refractivity contribution is 0.0935. The van der Waals surface area contributed by atoms with Crippen molar-refractivity contribution in [1.82, 2.24) is 10.2 Å². The molecule has 25 heavy (non-hydrogen) atoms. The molecule has 2 rings (SSSR count). The number of methoxy groups -OCH3 is 1. The van der Waals surface area contributed by atoms with Gasteiger partial charge < -0.3 is 10.1 Å². The predicted molar refractivity (Wildman–Crippen MR) is 105 cm³/mol.